The normalized spacial score (nSPS) is 16.3. The highest BCUT2D eigenvalue weighted by Gasteiger charge is 2.15. The van der Waals surface area contributed by atoms with Gasteiger partial charge in [-0.3, -0.25) is 0 Å². The molecular formula is C16H30N6. The molecule has 1 aliphatic heterocycles. The molecule has 1 rings (SSSR count). The average Bonchev–Trinajstić information content (AvgIpc) is 2.55. The van der Waals surface area contributed by atoms with Crippen LogP contribution in [0.1, 0.15) is 25.7 Å². The van der Waals surface area contributed by atoms with Crippen molar-refractivity contribution < 1.29 is 0 Å². The minimum atomic E-state index is 0.601. The van der Waals surface area contributed by atoms with Crippen LogP contribution >= 0.6 is 0 Å². The van der Waals surface area contributed by atoms with Gasteiger partial charge in [-0.15, -0.1) is 0 Å². The number of nitrogens with one attached hydrogen (secondary N) is 2. The molecule has 0 aromatic rings. The fourth-order valence-corrected chi connectivity index (χ4v) is 2.63. The molecule has 0 spiro atoms. The molecule has 0 atom stereocenters. The monoisotopic (exact) mass is 306 g/mol. The summed E-state index contributed by atoms with van der Waals surface area (Å²) in [7, 11) is 0. The van der Waals surface area contributed by atoms with Crippen molar-refractivity contribution in [2.24, 2.45) is 0 Å². The molecule has 0 aliphatic carbocycles. The van der Waals surface area contributed by atoms with Gasteiger partial charge in [0.05, 0.1) is 12.1 Å². The lowest BCUT2D eigenvalue weighted by atomic mass is 10.2. The van der Waals surface area contributed by atoms with Crippen LogP contribution in [0.4, 0.5) is 0 Å². The Morgan fingerprint density at radius 3 is 1.45 bits per heavy atom. The van der Waals surface area contributed by atoms with E-state index in [0.29, 0.717) is 12.8 Å². The third-order valence-corrected chi connectivity index (χ3v) is 3.95. The third kappa shape index (κ3) is 9.70. The zero-order chi connectivity index (χ0) is 15.9. The van der Waals surface area contributed by atoms with Crippen LogP contribution in [0.5, 0.6) is 0 Å². The highest BCUT2D eigenvalue weighted by Crippen LogP contribution is 2.02. The summed E-state index contributed by atoms with van der Waals surface area (Å²) in [5.74, 6) is 0. The maximum absolute atomic E-state index is 8.45. The van der Waals surface area contributed by atoms with Crippen LogP contribution in [0, 0.1) is 22.7 Å². The number of hydrogen-bond acceptors (Lipinski definition) is 6. The Balaban J connectivity index is 1.91. The third-order valence-electron chi connectivity index (χ3n) is 3.95. The van der Waals surface area contributed by atoms with E-state index in [1.54, 1.807) is 0 Å². The summed E-state index contributed by atoms with van der Waals surface area (Å²) in [5.41, 5.74) is 0. The van der Waals surface area contributed by atoms with Gasteiger partial charge in [0.2, 0.25) is 0 Å². The summed E-state index contributed by atoms with van der Waals surface area (Å²) in [6.45, 7) is 10.6. The lowest BCUT2D eigenvalue weighted by Gasteiger charge is -2.34. The summed E-state index contributed by atoms with van der Waals surface area (Å²) in [5, 5.41) is 23.5. The summed E-state index contributed by atoms with van der Waals surface area (Å²) >= 11 is 0. The number of rotatable bonds is 12. The first-order valence-electron chi connectivity index (χ1n) is 8.47. The predicted molar refractivity (Wildman–Crippen MR) is 88.3 cm³/mol. The second-order valence-corrected chi connectivity index (χ2v) is 5.71. The minimum Gasteiger partial charge on any atom is -0.316 e. The summed E-state index contributed by atoms with van der Waals surface area (Å²) in [6.07, 6.45) is 3.52. The zero-order valence-electron chi connectivity index (χ0n) is 13.7. The smallest absolute Gasteiger partial charge is 0.0635 e. The van der Waals surface area contributed by atoms with E-state index in [0.717, 1.165) is 52.1 Å². The van der Waals surface area contributed by atoms with Gasteiger partial charge in [-0.05, 0) is 39.0 Å². The summed E-state index contributed by atoms with van der Waals surface area (Å²) in [6, 6.07) is 4.29. The molecule has 22 heavy (non-hydrogen) atoms. The maximum Gasteiger partial charge on any atom is 0.0635 e. The quantitative estimate of drug-likeness (QED) is 0.508. The van der Waals surface area contributed by atoms with Gasteiger partial charge < -0.3 is 20.4 Å². The Morgan fingerprint density at radius 1 is 0.682 bits per heavy atom. The van der Waals surface area contributed by atoms with Crippen molar-refractivity contribution in [3.8, 4) is 12.1 Å². The molecular weight excluding hydrogens is 276 g/mol. The average molecular weight is 306 g/mol. The van der Waals surface area contributed by atoms with Crippen LogP contribution in [0.2, 0.25) is 0 Å². The number of nitrogens with zero attached hydrogens (tertiary/aromatic N) is 4. The second kappa shape index (κ2) is 13.5. The zero-order valence-corrected chi connectivity index (χ0v) is 13.7. The minimum absolute atomic E-state index is 0.601. The van der Waals surface area contributed by atoms with Gasteiger partial charge in [0.15, 0.2) is 0 Å². The van der Waals surface area contributed by atoms with Crippen molar-refractivity contribution in [2.45, 2.75) is 25.7 Å². The van der Waals surface area contributed by atoms with Crippen LogP contribution in [0.3, 0.4) is 0 Å². The molecule has 6 nitrogen and oxygen atoms in total. The number of hydrogen-bond donors (Lipinski definition) is 2. The molecule has 1 aliphatic rings. The van der Waals surface area contributed by atoms with Gasteiger partial charge in [0.1, 0.15) is 0 Å². The standard InChI is InChI=1S/C16H30N6/c17-5-1-7-19-9-3-11-21-13-15-22(16-14-21)12-4-10-20-8-2-6-18/h19-20H,1-4,7-16H2. The summed E-state index contributed by atoms with van der Waals surface area (Å²) in [4.78, 5) is 5.07. The molecule has 1 fully saturated rings. The van der Waals surface area contributed by atoms with Gasteiger partial charge in [0, 0.05) is 52.1 Å². The van der Waals surface area contributed by atoms with E-state index >= 15 is 0 Å². The lowest BCUT2D eigenvalue weighted by molar-refractivity contribution is 0.130. The van der Waals surface area contributed by atoms with Crippen LogP contribution in [0.25, 0.3) is 0 Å². The van der Waals surface area contributed by atoms with Gasteiger partial charge in [-0.25, -0.2) is 0 Å². The fourth-order valence-electron chi connectivity index (χ4n) is 2.63. The maximum atomic E-state index is 8.45. The molecule has 0 aromatic carbocycles. The Kier molecular flexibility index (Phi) is 11.6. The van der Waals surface area contributed by atoms with E-state index < -0.39 is 0 Å². The first kappa shape index (κ1) is 18.9. The van der Waals surface area contributed by atoms with E-state index in [-0.39, 0.29) is 0 Å². The van der Waals surface area contributed by atoms with Crippen molar-refractivity contribution in [3.63, 3.8) is 0 Å². The fraction of sp³-hybridized carbons (Fsp3) is 0.875. The highest BCUT2D eigenvalue weighted by atomic mass is 15.3. The van der Waals surface area contributed by atoms with Crippen LogP contribution < -0.4 is 10.6 Å². The molecule has 6 heteroatoms. The Labute approximate surface area is 135 Å². The van der Waals surface area contributed by atoms with E-state index in [9.17, 15) is 0 Å². The van der Waals surface area contributed by atoms with Gasteiger partial charge >= 0.3 is 0 Å². The lowest BCUT2D eigenvalue weighted by Crippen LogP contribution is -2.47. The van der Waals surface area contributed by atoms with Crippen molar-refractivity contribution in [1.82, 2.24) is 20.4 Å². The van der Waals surface area contributed by atoms with Crippen molar-refractivity contribution in [2.75, 3.05) is 65.4 Å². The topological polar surface area (TPSA) is 78.1 Å². The molecule has 0 unspecified atom stereocenters. The number of nitriles is 2. The molecule has 0 bridgehead atoms. The van der Waals surface area contributed by atoms with Crippen molar-refractivity contribution >= 4 is 0 Å². The highest BCUT2D eigenvalue weighted by molar-refractivity contribution is 4.74. The molecule has 1 heterocycles. The molecule has 0 saturated carbocycles. The SMILES string of the molecule is N#CCCNCCCN1CCN(CCCNCCC#N)CC1. The van der Waals surface area contributed by atoms with Crippen LogP contribution in [-0.4, -0.2) is 75.2 Å². The Hall–Kier alpha value is -1.18. The van der Waals surface area contributed by atoms with Crippen LogP contribution in [-0.2, 0) is 0 Å². The molecule has 2 N–H and O–H groups in total. The van der Waals surface area contributed by atoms with Gasteiger partial charge in [-0.2, -0.15) is 10.5 Å². The van der Waals surface area contributed by atoms with E-state index in [1.807, 2.05) is 0 Å². The van der Waals surface area contributed by atoms with Gasteiger partial charge in [-0.1, -0.05) is 0 Å². The Morgan fingerprint density at radius 2 is 1.09 bits per heavy atom. The Bertz CT molecular complexity index is 304. The van der Waals surface area contributed by atoms with Crippen molar-refractivity contribution in [1.29, 1.82) is 10.5 Å². The van der Waals surface area contributed by atoms with Crippen LogP contribution in [0.15, 0.2) is 0 Å². The first-order chi connectivity index (χ1) is 10.9. The van der Waals surface area contributed by atoms with E-state index in [1.165, 1.54) is 26.2 Å². The molecule has 0 amide bonds. The predicted octanol–water partition coefficient (Wildman–Crippen LogP) is 0.391. The molecule has 0 radical (unpaired) electrons. The first-order valence-corrected chi connectivity index (χ1v) is 8.47. The molecule has 124 valence electrons. The molecule has 1 saturated heterocycles. The summed E-state index contributed by atoms with van der Waals surface area (Å²) < 4.78 is 0. The van der Waals surface area contributed by atoms with Gasteiger partial charge in [0.25, 0.3) is 0 Å². The van der Waals surface area contributed by atoms with Crippen molar-refractivity contribution in [3.05, 3.63) is 0 Å². The molecule has 0 aromatic heterocycles. The largest absolute Gasteiger partial charge is 0.316 e. The number of piperazine rings is 1. The van der Waals surface area contributed by atoms with E-state index in [2.05, 4.69) is 32.6 Å². The second-order valence-electron chi connectivity index (χ2n) is 5.71. The van der Waals surface area contributed by atoms with E-state index in [4.69, 9.17) is 10.5 Å².